The average Bonchev–Trinajstić information content (AvgIpc) is 2.85. The number of amides is 1. The molecule has 0 aliphatic carbocycles. The Morgan fingerprint density at radius 2 is 1.89 bits per heavy atom. The molecule has 3 aromatic rings. The number of nitrogens with one attached hydrogen (secondary N) is 1. The molecular weight excluding hydrogens is 340 g/mol. The summed E-state index contributed by atoms with van der Waals surface area (Å²) in [7, 11) is 1.35. The molecule has 0 saturated heterocycles. The second kappa shape index (κ2) is 7.11. The van der Waals surface area contributed by atoms with Crippen molar-refractivity contribution in [1.82, 2.24) is 0 Å². The van der Waals surface area contributed by atoms with Gasteiger partial charge in [0.25, 0.3) is 0 Å². The van der Waals surface area contributed by atoms with Crippen LogP contribution < -0.4 is 10.2 Å². The van der Waals surface area contributed by atoms with Crippen molar-refractivity contribution in [2.45, 2.75) is 13.0 Å². The maximum absolute atomic E-state index is 12.1. The molecule has 136 valence electrons. The van der Waals surface area contributed by atoms with Gasteiger partial charge in [-0.25, -0.2) is 4.79 Å². The molecule has 0 saturated carbocycles. The van der Waals surface area contributed by atoms with Gasteiger partial charge in [0.05, 0.1) is 24.0 Å². The first-order valence-electron chi connectivity index (χ1n) is 8.89. The Morgan fingerprint density at radius 1 is 1.07 bits per heavy atom. The van der Waals surface area contributed by atoms with Crippen LogP contribution in [0.25, 0.3) is 10.8 Å². The van der Waals surface area contributed by atoms with Crippen LogP contribution in [0.15, 0.2) is 60.7 Å². The van der Waals surface area contributed by atoms with Crippen molar-refractivity contribution in [3.63, 3.8) is 0 Å². The van der Waals surface area contributed by atoms with E-state index in [1.807, 2.05) is 18.2 Å². The minimum atomic E-state index is -0.419. The number of methoxy groups -OCH3 is 1. The molecule has 3 aromatic carbocycles. The van der Waals surface area contributed by atoms with Crippen molar-refractivity contribution in [2.24, 2.45) is 0 Å². The highest BCUT2D eigenvalue weighted by Crippen LogP contribution is 2.31. The Labute approximate surface area is 157 Å². The molecule has 4 rings (SSSR count). The zero-order chi connectivity index (χ0) is 18.8. The van der Waals surface area contributed by atoms with Gasteiger partial charge in [-0.2, -0.15) is 0 Å². The van der Waals surface area contributed by atoms with Crippen molar-refractivity contribution in [3.8, 4) is 0 Å². The summed E-state index contributed by atoms with van der Waals surface area (Å²) in [4.78, 5) is 26.1. The first kappa shape index (κ1) is 17.1. The van der Waals surface area contributed by atoms with Gasteiger partial charge in [-0.1, -0.05) is 36.4 Å². The van der Waals surface area contributed by atoms with E-state index in [0.29, 0.717) is 30.8 Å². The van der Waals surface area contributed by atoms with Crippen LogP contribution in [0.5, 0.6) is 0 Å². The van der Waals surface area contributed by atoms with E-state index in [0.717, 1.165) is 5.69 Å². The van der Waals surface area contributed by atoms with Crippen molar-refractivity contribution in [2.75, 3.05) is 23.9 Å². The first-order chi connectivity index (χ1) is 13.1. The summed E-state index contributed by atoms with van der Waals surface area (Å²) in [5.41, 5.74) is 3.14. The van der Waals surface area contributed by atoms with Gasteiger partial charge in [0.15, 0.2) is 0 Å². The highest BCUT2D eigenvalue weighted by atomic mass is 16.5. The highest BCUT2D eigenvalue weighted by molar-refractivity contribution is 5.99. The Hall–Kier alpha value is -3.34. The van der Waals surface area contributed by atoms with Crippen LogP contribution >= 0.6 is 0 Å². The topological polar surface area (TPSA) is 58.6 Å². The Morgan fingerprint density at radius 3 is 2.70 bits per heavy atom. The zero-order valence-electron chi connectivity index (χ0n) is 15.1. The highest BCUT2D eigenvalue weighted by Gasteiger charge is 2.21. The zero-order valence-corrected chi connectivity index (χ0v) is 15.1. The number of rotatable bonds is 3. The second-order valence-electron chi connectivity index (χ2n) is 6.62. The quantitative estimate of drug-likeness (QED) is 0.718. The maximum Gasteiger partial charge on any atom is 0.337 e. The molecule has 5 heteroatoms. The Bertz CT molecular complexity index is 1030. The lowest BCUT2D eigenvalue weighted by Crippen LogP contribution is -2.24. The monoisotopic (exact) mass is 360 g/mol. The summed E-state index contributed by atoms with van der Waals surface area (Å²) in [6, 6.07) is 19.9. The van der Waals surface area contributed by atoms with Gasteiger partial charge in [0.2, 0.25) is 5.91 Å². The van der Waals surface area contributed by atoms with E-state index in [1.54, 1.807) is 12.1 Å². The SMILES string of the molecule is COC(=O)c1ccc2c(c1)NC(=O)CCN2Cc1ccc2ccccc2c1. The van der Waals surface area contributed by atoms with Crippen LogP contribution in [-0.2, 0) is 16.1 Å². The molecule has 0 unspecified atom stereocenters. The predicted molar refractivity (Wildman–Crippen MR) is 106 cm³/mol. The van der Waals surface area contributed by atoms with Gasteiger partial charge in [-0.15, -0.1) is 0 Å². The molecular formula is C22H20N2O3. The number of hydrogen-bond acceptors (Lipinski definition) is 4. The minimum absolute atomic E-state index is 0.0562. The molecule has 5 nitrogen and oxygen atoms in total. The summed E-state index contributed by atoms with van der Waals surface area (Å²) in [6.45, 7) is 1.30. The van der Waals surface area contributed by atoms with Gasteiger partial charge < -0.3 is 15.0 Å². The lowest BCUT2D eigenvalue weighted by Gasteiger charge is -2.24. The third kappa shape index (κ3) is 3.49. The van der Waals surface area contributed by atoms with Crippen LogP contribution in [-0.4, -0.2) is 25.5 Å². The molecule has 0 bridgehead atoms. The number of benzene rings is 3. The number of carbonyl (C=O) groups is 2. The fraction of sp³-hybridized carbons (Fsp3) is 0.182. The minimum Gasteiger partial charge on any atom is -0.465 e. The molecule has 0 radical (unpaired) electrons. The van der Waals surface area contributed by atoms with E-state index in [1.165, 1.54) is 23.4 Å². The number of esters is 1. The molecule has 1 aliphatic heterocycles. The fourth-order valence-electron chi connectivity index (χ4n) is 3.45. The van der Waals surface area contributed by atoms with Crippen LogP contribution in [0, 0.1) is 0 Å². The third-order valence-electron chi connectivity index (χ3n) is 4.83. The van der Waals surface area contributed by atoms with E-state index < -0.39 is 5.97 Å². The largest absolute Gasteiger partial charge is 0.465 e. The van der Waals surface area contributed by atoms with E-state index >= 15 is 0 Å². The Balaban J connectivity index is 1.68. The molecule has 0 spiro atoms. The van der Waals surface area contributed by atoms with Gasteiger partial charge in [0, 0.05) is 19.5 Å². The molecule has 0 aromatic heterocycles. The predicted octanol–water partition coefficient (Wildman–Crippen LogP) is 3.98. The molecule has 0 atom stereocenters. The fourth-order valence-corrected chi connectivity index (χ4v) is 3.45. The van der Waals surface area contributed by atoms with Crippen molar-refractivity contribution in [1.29, 1.82) is 0 Å². The second-order valence-corrected chi connectivity index (χ2v) is 6.62. The van der Waals surface area contributed by atoms with Gasteiger partial charge in [0.1, 0.15) is 0 Å². The summed E-state index contributed by atoms with van der Waals surface area (Å²) in [6.07, 6.45) is 0.399. The lowest BCUT2D eigenvalue weighted by molar-refractivity contribution is -0.115. The first-order valence-corrected chi connectivity index (χ1v) is 8.89. The normalized spacial score (nSPS) is 13.7. The number of anilines is 2. The standard InChI is InChI=1S/C22H20N2O3/c1-27-22(26)18-8-9-20-19(13-18)23-21(25)10-11-24(20)14-15-6-7-16-4-2-3-5-17(16)12-15/h2-9,12-13H,10-11,14H2,1H3,(H,23,25). The molecule has 1 amide bonds. The van der Waals surface area contributed by atoms with Crippen LogP contribution in [0.2, 0.25) is 0 Å². The van der Waals surface area contributed by atoms with Crippen molar-refractivity contribution < 1.29 is 14.3 Å². The molecule has 1 heterocycles. The lowest BCUT2D eigenvalue weighted by atomic mass is 10.1. The van der Waals surface area contributed by atoms with Crippen LogP contribution in [0.4, 0.5) is 11.4 Å². The number of carbonyl (C=O) groups excluding carboxylic acids is 2. The number of hydrogen-bond donors (Lipinski definition) is 1. The van der Waals surface area contributed by atoms with E-state index in [4.69, 9.17) is 4.74 Å². The van der Waals surface area contributed by atoms with E-state index in [9.17, 15) is 9.59 Å². The number of ether oxygens (including phenoxy) is 1. The average molecular weight is 360 g/mol. The molecule has 27 heavy (non-hydrogen) atoms. The molecule has 1 N–H and O–H groups in total. The van der Waals surface area contributed by atoms with Gasteiger partial charge in [-0.3, -0.25) is 4.79 Å². The summed E-state index contributed by atoms with van der Waals surface area (Å²) in [5.74, 6) is -0.475. The van der Waals surface area contributed by atoms with Crippen LogP contribution in [0.1, 0.15) is 22.3 Å². The molecule has 1 aliphatic rings. The maximum atomic E-state index is 12.1. The molecule has 0 fully saturated rings. The summed E-state index contributed by atoms with van der Waals surface area (Å²) < 4.78 is 4.78. The number of nitrogens with zero attached hydrogens (tertiary/aromatic N) is 1. The van der Waals surface area contributed by atoms with E-state index in [2.05, 4.69) is 40.5 Å². The van der Waals surface area contributed by atoms with Crippen molar-refractivity contribution >= 4 is 34.0 Å². The van der Waals surface area contributed by atoms with E-state index in [-0.39, 0.29) is 5.91 Å². The number of fused-ring (bicyclic) bond motifs is 2. The van der Waals surface area contributed by atoms with Gasteiger partial charge >= 0.3 is 5.97 Å². The third-order valence-corrected chi connectivity index (χ3v) is 4.83. The summed E-state index contributed by atoms with van der Waals surface area (Å²) >= 11 is 0. The summed E-state index contributed by atoms with van der Waals surface area (Å²) in [5, 5.41) is 5.30. The Kier molecular flexibility index (Phi) is 4.50. The van der Waals surface area contributed by atoms with Crippen molar-refractivity contribution in [3.05, 3.63) is 71.8 Å². The van der Waals surface area contributed by atoms with Gasteiger partial charge in [-0.05, 0) is 40.6 Å². The van der Waals surface area contributed by atoms with Crippen LogP contribution in [0.3, 0.4) is 0 Å². The smallest absolute Gasteiger partial charge is 0.337 e.